The lowest BCUT2D eigenvalue weighted by molar-refractivity contribution is -0.141. The minimum Gasteiger partial charge on any atom is -0.323 e. The van der Waals surface area contributed by atoms with E-state index in [1.54, 1.807) is 20.9 Å². The van der Waals surface area contributed by atoms with Crippen molar-refractivity contribution in [2.75, 3.05) is 5.32 Å². The molecule has 1 N–H and O–H groups in total. The standard InChI is InChI=1S/C20H17F5N8/c1-10-6-13(18(21)22)33(30-10)16-7-15(27-9-28-16)29-19-11(2)17(32(3)31-19)12-4-5-14(26-8-12)20(23,24)25/h4-9,18H,1-3H3,(H,27,28,29,31). The third-order valence-corrected chi connectivity index (χ3v) is 4.81. The molecule has 172 valence electrons. The van der Waals surface area contributed by atoms with Crippen molar-refractivity contribution in [2.45, 2.75) is 26.4 Å². The first-order chi connectivity index (χ1) is 15.5. The Bertz CT molecular complexity index is 1290. The SMILES string of the molecule is Cc1cc(C(F)F)n(-c2cc(Nc3nn(C)c(-c4ccc(C(F)(F)F)nc4)c3C)ncn2)n1. The second-order valence-corrected chi connectivity index (χ2v) is 7.19. The van der Waals surface area contributed by atoms with Crippen LogP contribution in [0.15, 0.2) is 36.8 Å². The zero-order valence-electron chi connectivity index (χ0n) is 17.6. The fourth-order valence-corrected chi connectivity index (χ4v) is 3.36. The average Bonchev–Trinajstić information content (AvgIpc) is 3.27. The molecule has 0 aromatic carbocycles. The fraction of sp³-hybridized carbons (Fsp3) is 0.250. The maximum atomic E-state index is 13.3. The smallest absolute Gasteiger partial charge is 0.323 e. The van der Waals surface area contributed by atoms with E-state index in [1.165, 1.54) is 29.2 Å². The molecule has 0 bridgehead atoms. The van der Waals surface area contributed by atoms with E-state index in [2.05, 4.69) is 30.5 Å². The summed E-state index contributed by atoms with van der Waals surface area (Å²) in [5.74, 6) is 0.783. The van der Waals surface area contributed by atoms with Gasteiger partial charge in [0.1, 0.15) is 23.5 Å². The monoisotopic (exact) mass is 464 g/mol. The summed E-state index contributed by atoms with van der Waals surface area (Å²) in [7, 11) is 1.64. The number of pyridine rings is 1. The van der Waals surface area contributed by atoms with Crippen LogP contribution in [0.2, 0.25) is 0 Å². The van der Waals surface area contributed by atoms with Crippen molar-refractivity contribution in [3.8, 4) is 17.1 Å². The second kappa shape index (κ2) is 8.22. The van der Waals surface area contributed by atoms with Crippen molar-refractivity contribution >= 4 is 11.6 Å². The predicted octanol–water partition coefficient (Wildman–Crippen LogP) is 4.77. The van der Waals surface area contributed by atoms with Crippen LogP contribution in [0.1, 0.15) is 29.1 Å². The van der Waals surface area contributed by atoms with Crippen LogP contribution in [0, 0.1) is 13.8 Å². The molecule has 0 saturated carbocycles. The lowest BCUT2D eigenvalue weighted by atomic mass is 10.1. The Balaban J connectivity index is 1.65. The van der Waals surface area contributed by atoms with Gasteiger partial charge >= 0.3 is 6.18 Å². The van der Waals surface area contributed by atoms with Gasteiger partial charge < -0.3 is 5.32 Å². The van der Waals surface area contributed by atoms with Crippen molar-refractivity contribution in [2.24, 2.45) is 7.05 Å². The number of hydrogen-bond acceptors (Lipinski definition) is 6. The average molecular weight is 464 g/mol. The van der Waals surface area contributed by atoms with Crippen molar-refractivity contribution in [3.63, 3.8) is 0 Å². The Morgan fingerprint density at radius 1 is 1.00 bits per heavy atom. The number of aromatic nitrogens is 7. The highest BCUT2D eigenvalue weighted by atomic mass is 19.4. The van der Waals surface area contributed by atoms with Crippen molar-refractivity contribution < 1.29 is 22.0 Å². The minimum absolute atomic E-state index is 0.136. The van der Waals surface area contributed by atoms with Gasteiger partial charge in [-0.25, -0.2) is 23.4 Å². The van der Waals surface area contributed by atoms with Gasteiger partial charge in [0.05, 0.1) is 11.4 Å². The van der Waals surface area contributed by atoms with Gasteiger partial charge in [0.25, 0.3) is 6.43 Å². The van der Waals surface area contributed by atoms with E-state index in [9.17, 15) is 22.0 Å². The lowest BCUT2D eigenvalue weighted by Gasteiger charge is -2.08. The number of alkyl halides is 5. The molecular weight excluding hydrogens is 447 g/mol. The zero-order valence-corrected chi connectivity index (χ0v) is 17.6. The molecule has 0 unspecified atom stereocenters. The number of nitrogens with one attached hydrogen (secondary N) is 1. The molecule has 4 rings (SSSR count). The number of anilines is 2. The first-order valence-corrected chi connectivity index (χ1v) is 9.56. The Morgan fingerprint density at radius 3 is 2.39 bits per heavy atom. The molecule has 33 heavy (non-hydrogen) atoms. The maximum absolute atomic E-state index is 13.3. The van der Waals surface area contributed by atoms with Crippen LogP contribution in [0.5, 0.6) is 0 Å². The molecule has 8 nitrogen and oxygen atoms in total. The van der Waals surface area contributed by atoms with E-state index >= 15 is 0 Å². The Labute approximate surface area is 184 Å². The first-order valence-electron chi connectivity index (χ1n) is 9.56. The number of hydrogen-bond donors (Lipinski definition) is 1. The number of rotatable bonds is 5. The van der Waals surface area contributed by atoms with E-state index in [-0.39, 0.29) is 17.3 Å². The molecule has 0 aliphatic heterocycles. The lowest BCUT2D eigenvalue weighted by Crippen LogP contribution is -2.07. The Hall–Kier alpha value is -3.90. The molecular formula is C20H17F5N8. The van der Waals surface area contributed by atoms with Gasteiger partial charge in [-0.3, -0.25) is 9.67 Å². The third kappa shape index (κ3) is 4.38. The fourth-order valence-electron chi connectivity index (χ4n) is 3.36. The quantitative estimate of drug-likeness (QED) is 0.428. The molecule has 0 spiro atoms. The molecule has 0 amide bonds. The largest absolute Gasteiger partial charge is 0.433 e. The highest BCUT2D eigenvalue weighted by Crippen LogP contribution is 2.32. The summed E-state index contributed by atoms with van der Waals surface area (Å²) >= 11 is 0. The molecule has 0 radical (unpaired) electrons. The minimum atomic E-state index is -4.53. The van der Waals surface area contributed by atoms with E-state index in [0.29, 0.717) is 28.3 Å². The summed E-state index contributed by atoms with van der Waals surface area (Å²) < 4.78 is 67.6. The summed E-state index contributed by atoms with van der Waals surface area (Å²) in [5, 5.41) is 11.4. The maximum Gasteiger partial charge on any atom is 0.433 e. The summed E-state index contributed by atoms with van der Waals surface area (Å²) in [4.78, 5) is 11.6. The highest BCUT2D eigenvalue weighted by molar-refractivity contribution is 5.71. The van der Waals surface area contributed by atoms with E-state index in [4.69, 9.17) is 0 Å². The van der Waals surface area contributed by atoms with Crippen molar-refractivity contribution in [1.29, 1.82) is 0 Å². The van der Waals surface area contributed by atoms with Gasteiger partial charge in [0.2, 0.25) is 0 Å². The van der Waals surface area contributed by atoms with Crippen LogP contribution in [-0.4, -0.2) is 34.5 Å². The van der Waals surface area contributed by atoms with Crippen LogP contribution in [-0.2, 0) is 13.2 Å². The van der Waals surface area contributed by atoms with Gasteiger partial charge in [-0.2, -0.15) is 23.4 Å². The van der Waals surface area contributed by atoms with Crippen LogP contribution in [0.25, 0.3) is 17.1 Å². The van der Waals surface area contributed by atoms with Gasteiger partial charge in [0, 0.05) is 30.4 Å². The van der Waals surface area contributed by atoms with Gasteiger partial charge in [-0.05, 0) is 32.0 Å². The van der Waals surface area contributed by atoms with Gasteiger partial charge in [0.15, 0.2) is 11.6 Å². The van der Waals surface area contributed by atoms with Crippen molar-refractivity contribution in [1.82, 2.24) is 34.5 Å². The van der Waals surface area contributed by atoms with Crippen LogP contribution in [0.3, 0.4) is 0 Å². The number of aryl methyl sites for hydroxylation is 2. The third-order valence-electron chi connectivity index (χ3n) is 4.81. The first kappa shape index (κ1) is 22.3. The van der Waals surface area contributed by atoms with Gasteiger partial charge in [-0.1, -0.05) is 0 Å². The van der Waals surface area contributed by atoms with Crippen LogP contribution < -0.4 is 5.32 Å². The number of halogens is 5. The zero-order chi connectivity index (χ0) is 23.9. The molecule has 0 fully saturated rings. The number of nitrogens with zero attached hydrogens (tertiary/aromatic N) is 7. The molecule has 4 aromatic rings. The topological polar surface area (TPSA) is 86.3 Å². The van der Waals surface area contributed by atoms with Gasteiger partial charge in [-0.15, -0.1) is 0 Å². The van der Waals surface area contributed by atoms with Crippen LogP contribution in [0.4, 0.5) is 33.6 Å². The molecule has 0 atom stereocenters. The van der Waals surface area contributed by atoms with Crippen LogP contribution >= 0.6 is 0 Å². The Kier molecular flexibility index (Phi) is 5.56. The summed E-state index contributed by atoms with van der Waals surface area (Å²) in [6, 6.07) is 4.93. The van der Waals surface area contributed by atoms with Crippen molar-refractivity contribution in [3.05, 3.63) is 59.4 Å². The Morgan fingerprint density at radius 2 is 1.76 bits per heavy atom. The normalized spacial score (nSPS) is 11.9. The molecule has 0 saturated heterocycles. The molecule has 0 aliphatic carbocycles. The molecule has 0 aliphatic rings. The van der Waals surface area contributed by atoms with E-state index < -0.39 is 18.3 Å². The second-order valence-electron chi connectivity index (χ2n) is 7.19. The molecule has 4 heterocycles. The molecule has 4 aromatic heterocycles. The molecule has 13 heteroatoms. The predicted molar refractivity (Wildman–Crippen MR) is 108 cm³/mol. The van der Waals surface area contributed by atoms with E-state index in [0.717, 1.165) is 16.9 Å². The highest BCUT2D eigenvalue weighted by Gasteiger charge is 2.32. The summed E-state index contributed by atoms with van der Waals surface area (Å²) in [6.07, 6.45) is -4.95. The van der Waals surface area contributed by atoms with E-state index in [1.807, 2.05) is 0 Å². The summed E-state index contributed by atoms with van der Waals surface area (Å²) in [5.41, 5.74) is 0.741. The summed E-state index contributed by atoms with van der Waals surface area (Å²) in [6.45, 7) is 3.33.